The first-order valence-corrected chi connectivity index (χ1v) is 10.4. The summed E-state index contributed by atoms with van der Waals surface area (Å²) >= 11 is 0. The Morgan fingerprint density at radius 2 is 1.87 bits per heavy atom. The van der Waals surface area contributed by atoms with Gasteiger partial charge in [-0.25, -0.2) is 4.79 Å². The zero-order chi connectivity index (χ0) is 22.0. The lowest BCUT2D eigenvalue weighted by molar-refractivity contribution is -0.117. The molecule has 30 heavy (non-hydrogen) atoms. The average Bonchev–Trinajstić information content (AvgIpc) is 3.08. The number of aromatic nitrogens is 2. The number of nitrogens with zero attached hydrogens (tertiary/aromatic N) is 3. The molecule has 1 aromatic carbocycles. The van der Waals surface area contributed by atoms with Crippen molar-refractivity contribution in [3.8, 4) is 0 Å². The van der Waals surface area contributed by atoms with Gasteiger partial charge in [-0.15, -0.1) is 0 Å². The van der Waals surface area contributed by atoms with Gasteiger partial charge in [0.15, 0.2) is 0 Å². The highest BCUT2D eigenvalue weighted by atomic mass is 16.2. The Hall–Kier alpha value is -3.03. The van der Waals surface area contributed by atoms with E-state index in [2.05, 4.69) is 4.98 Å². The smallest absolute Gasteiger partial charge is 0.330 e. The summed E-state index contributed by atoms with van der Waals surface area (Å²) in [5, 5.41) is 0. The Balaban J connectivity index is 1.97. The molecular weight excluding hydrogens is 382 g/mol. The molecule has 0 radical (unpaired) electrons. The predicted octanol–water partition coefficient (Wildman–Crippen LogP) is 1.83. The number of nitrogens with one attached hydrogen (secondary N) is 1. The molecule has 2 aromatic rings. The van der Waals surface area contributed by atoms with Crippen molar-refractivity contribution < 1.29 is 4.79 Å². The van der Waals surface area contributed by atoms with E-state index in [0.29, 0.717) is 19.6 Å². The van der Waals surface area contributed by atoms with Crippen LogP contribution in [0, 0.1) is 11.8 Å². The minimum absolute atomic E-state index is 0.0136. The number of rotatable bonds is 7. The topological polar surface area (TPSA) is 104 Å². The molecule has 0 atom stereocenters. The maximum atomic E-state index is 13.2. The summed E-state index contributed by atoms with van der Waals surface area (Å²) < 4.78 is 1.38. The Bertz CT molecular complexity index is 1040. The van der Waals surface area contributed by atoms with Crippen LogP contribution < -0.4 is 26.8 Å². The Labute approximate surface area is 176 Å². The summed E-state index contributed by atoms with van der Waals surface area (Å²) in [5.41, 5.74) is 7.44. The lowest BCUT2D eigenvalue weighted by Crippen LogP contribution is -2.45. The van der Waals surface area contributed by atoms with Crippen LogP contribution in [0.1, 0.15) is 33.3 Å². The second-order valence-corrected chi connectivity index (χ2v) is 8.70. The fourth-order valence-corrected chi connectivity index (χ4v) is 3.95. The van der Waals surface area contributed by atoms with Gasteiger partial charge in [-0.1, -0.05) is 45.9 Å². The second-order valence-electron chi connectivity index (χ2n) is 8.70. The monoisotopic (exact) mass is 413 g/mol. The number of carbonyl (C=O) groups excluding carboxylic acids is 1. The highest BCUT2D eigenvalue weighted by molar-refractivity contribution is 5.98. The molecule has 0 saturated heterocycles. The van der Waals surface area contributed by atoms with Gasteiger partial charge in [0.2, 0.25) is 5.91 Å². The van der Waals surface area contributed by atoms with Gasteiger partial charge >= 0.3 is 5.69 Å². The number of aromatic amines is 1. The first-order chi connectivity index (χ1) is 14.2. The van der Waals surface area contributed by atoms with E-state index in [0.717, 1.165) is 17.7 Å². The molecule has 162 valence electrons. The first-order valence-electron chi connectivity index (χ1n) is 10.4. The predicted molar refractivity (Wildman–Crippen MR) is 120 cm³/mol. The summed E-state index contributed by atoms with van der Waals surface area (Å²) in [6.45, 7) is 9.44. The van der Waals surface area contributed by atoms with Crippen LogP contribution in [-0.4, -0.2) is 35.1 Å². The van der Waals surface area contributed by atoms with E-state index >= 15 is 0 Å². The molecule has 2 heterocycles. The minimum Gasteiger partial charge on any atom is -0.383 e. The van der Waals surface area contributed by atoms with Crippen molar-refractivity contribution >= 4 is 23.1 Å². The molecule has 3 N–H and O–H groups in total. The van der Waals surface area contributed by atoms with Crippen molar-refractivity contribution in [2.75, 3.05) is 35.2 Å². The van der Waals surface area contributed by atoms with Crippen LogP contribution >= 0.6 is 0 Å². The van der Waals surface area contributed by atoms with Gasteiger partial charge in [0.05, 0.1) is 6.54 Å². The number of hydrogen-bond acceptors (Lipinski definition) is 5. The average molecular weight is 414 g/mol. The van der Waals surface area contributed by atoms with Crippen LogP contribution in [0.25, 0.3) is 0 Å². The van der Waals surface area contributed by atoms with Crippen molar-refractivity contribution in [3.05, 3.63) is 50.7 Å². The molecule has 1 amide bonds. The molecule has 0 spiro atoms. The van der Waals surface area contributed by atoms with Crippen LogP contribution in [0.5, 0.6) is 0 Å². The third kappa shape index (κ3) is 4.42. The maximum Gasteiger partial charge on any atom is 0.330 e. The molecule has 1 aliphatic heterocycles. The van der Waals surface area contributed by atoms with Gasteiger partial charge in [-0.3, -0.25) is 19.1 Å². The number of carbonyl (C=O) groups is 1. The van der Waals surface area contributed by atoms with Crippen LogP contribution in [0.3, 0.4) is 0 Å². The molecule has 1 aromatic heterocycles. The number of amides is 1. The quantitative estimate of drug-likeness (QED) is 0.721. The van der Waals surface area contributed by atoms with E-state index in [9.17, 15) is 14.4 Å². The standard InChI is InChI=1S/C22H31N5O3/c1-14(2)11-25(13-18(28)26-10-9-16-7-5-6-8-17(16)26)19-20(23)27(12-15(3)4)22(30)24-21(19)29/h5-8,14-15H,9-13,23H2,1-4H3,(H,24,29,30). The normalized spacial score (nSPS) is 13.2. The van der Waals surface area contributed by atoms with Crippen LogP contribution in [-0.2, 0) is 17.8 Å². The molecule has 0 unspecified atom stereocenters. The van der Waals surface area contributed by atoms with Gasteiger partial charge in [-0.05, 0) is 29.9 Å². The summed E-state index contributed by atoms with van der Waals surface area (Å²) in [6, 6.07) is 7.85. The first kappa shape index (κ1) is 21.7. The van der Waals surface area contributed by atoms with E-state index in [1.54, 1.807) is 9.80 Å². The van der Waals surface area contributed by atoms with Gasteiger partial charge < -0.3 is 15.5 Å². The number of anilines is 3. The molecule has 0 fully saturated rings. The minimum atomic E-state index is -0.562. The second kappa shape index (κ2) is 8.77. The largest absolute Gasteiger partial charge is 0.383 e. The number of benzene rings is 1. The molecule has 0 aliphatic carbocycles. The fraction of sp³-hybridized carbons (Fsp3) is 0.500. The van der Waals surface area contributed by atoms with Crippen molar-refractivity contribution in [2.24, 2.45) is 11.8 Å². The zero-order valence-electron chi connectivity index (χ0n) is 18.1. The number of para-hydroxylation sites is 1. The molecule has 0 saturated carbocycles. The summed E-state index contributed by atoms with van der Waals surface area (Å²) in [5.74, 6) is 0.367. The molecule has 8 heteroatoms. The molecule has 1 aliphatic rings. The van der Waals surface area contributed by atoms with Crippen LogP contribution in [0.15, 0.2) is 33.9 Å². The van der Waals surface area contributed by atoms with Gasteiger partial charge in [0, 0.05) is 25.3 Å². The summed E-state index contributed by atoms with van der Waals surface area (Å²) in [7, 11) is 0. The van der Waals surface area contributed by atoms with Crippen molar-refractivity contribution in [2.45, 2.75) is 40.7 Å². The maximum absolute atomic E-state index is 13.2. The number of nitrogen functional groups attached to an aromatic ring is 1. The van der Waals surface area contributed by atoms with E-state index in [1.165, 1.54) is 4.57 Å². The number of fused-ring (bicyclic) bond motifs is 1. The molecular formula is C22H31N5O3. The molecule has 8 nitrogen and oxygen atoms in total. The number of H-pyrrole nitrogens is 1. The van der Waals surface area contributed by atoms with Gasteiger partial charge in [-0.2, -0.15) is 0 Å². The van der Waals surface area contributed by atoms with E-state index in [-0.39, 0.29) is 35.8 Å². The number of nitrogens with two attached hydrogens (primary N) is 1. The third-order valence-electron chi connectivity index (χ3n) is 5.18. The lowest BCUT2D eigenvalue weighted by Gasteiger charge is -2.29. The van der Waals surface area contributed by atoms with E-state index < -0.39 is 11.2 Å². The fourth-order valence-electron chi connectivity index (χ4n) is 3.95. The van der Waals surface area contributed by atoms with Crippen LogP contribution in [0.2, 0.25) is 0 Å². The lowest BCUT2D eigenvalue weighted by atomic mass is 10.2. The van der Waals surface area contributed by atoms with Crippen molar-refractivity contribution in [1.82, 2.24) is 9.55 Å². The Kier molecular flexibility index (Phi) is 6.34. The van der Waals surface area contributed by atoms with E-state index in [1.807, 2.05) is 52.0 Å². The third-order valence-corrected chi connectivity index (χ3v) is 5.18. The highest BCUT2D eigenvalue weighted by Crippen LogP contribution is 2.28. The van der Waals surface area contributed by atoms with Gasteiger partial charge in [0.25, 0.3) is 5.56 Å². The summed E-state index contributed by atoms with van der Waals surface area (Å²) in [6.07, 6.45) is 0.814. The SMILES string of the molecule is CC(C)CN(CC(=O)N1CCc2ccccc21)c1c(N)n(CC(C)C)c(=O)[nH]c1=O. The van der Waals surface area contributed by atoms with Crippen LogP contribution in [0.4, 0.5) is 17.2 Å². The highest BCUT2D eigenvalue weighted by Gasteiger charge is 2.28. The number of hydrogen-bond donors (Lipinski definition) is 2. The Morgan fingerprint density at radius 3 is 2.53 bits per heavy atom. The van der Waals surface area contributed by atoms with Gasteiger partial charge in [0.1, 0.15) is 11.5 Å². The summed E-state index contributed by atoms with van der Waals surface area (Å²) in [4.78, 5) is 44.0. The molecule has 3 rings (SSSR count). The van der Waals surface area contributed by atoms with Crippen molar-refractivity contribution in [1.29, 1.82) is 0 Å². The zero-order valence-corrected chi connectivity index (χ0v) is 18.1. The van der Waals surface area contributed by atoms with Crippen molar-refractivity contribution in [3.63, 3.8) is 0 Å². The molecule has 0 bridgehead atoms. The van der Waals surface area contributed by atoms with E-state index in [4.69, 9.17) is 5.73 Å². The Morgan fingerprint density at radius 1 is 1.17 bits per heavy atom.